The quantitative estimate of drug-likeness (QED) is 0.480. The van der Waals surface area contributed by atoms with Gasteiger partial charge in [0, 0.05) is 6.54 Å². The largest absolute Gasteiger partial charge is 0.466 e. The molecule has 0 radical (unpaired) electrons. The van der Waals surface area contributed by atoms with Gasteiger partial charge in [-0.1, -0.05) is 0 Å². The maximum atomic E-state index is 13.1. The predicted molar refractivity (Wildman–Crippen MR) is 124 cm³/mol. The van der Waals surface area contributed by atoms with Gasteiger partial charge in [-0.15, -0.1) is 0 Å². The van der Waals surface area contributed by atoms with Gasteiger partial charge in [-0.25, -0.2) is 19.6 Å². The highest BCUT2D eigenvalue weighted by Crippen LogP contribution is 2.48. The second kappa shape index (κ2) is 9.18. The molecule has 1 saturated carbocycles. The van der Waals surface area contributed by atoms with E-state index in [0.717, 1.165) is 0 Å². The number of β-amino-alcohol motifs (C(OH)–C–C–N with tert-alkyl or cyclic N) is 1. The van der Waals surface area contributed by atoms with Crippen molar-refractivity contribution in [1.29, 1.82) is 0 Å². The summed E-state index contributed by atoms with van der Waals surface area (Å²) >= 11 is 0. The molecule has 34 heavy (non-hydrogen) atoms. The van der Waals surface area contributed by atoms with Gasteiger partial charge in [0.05, 0.1) is 43.3 Å². The van der Waals surface area contributed by atoms with Crippen molar-refractivity contribution in [2.24, 2.45) is 11.3 Å². The van der Waals surface area contributed by atoms with Crippen LogP contribution in [-0.2, 0) is 19.0 Å². The summed E-state index contributed by atoms with van der Waals surface area (Å²) in [5.74, 6) is -0.0626. The van der Waals surface area contributed by atoms with E-state index in [1.165, 1.54) is 9.91 Å². The third kappa shape index (κ3) is 5.59. The third-order valence-corrected chi connectivity index (χ3v) is 6.51. The lowest BCUT2D eigenvalue weighted by molar-refractivity contribution is -0.165. The molecule has 10 nitrogen and oxygen atoms in total. The molecule has 3 aliphatic rings. The van der Waals surface area contributed by atoms with Crippen molar-refractivity contribution in [3.8, 4) is 0 Å². The number of fused-ring (bicyclic) bond motifs is 1. The molecule has 1 N–H and O–H groups in total. The first kappa shape index (κ1) is 26.5. The lowest BCUT2D eigenvalue weighted by Gasteiger charge is -2.46. The van der Waals surface area contributed by atoms with Crippen LogP contribution >= 0.6 is 0 Å². The Morgan fingerprint density at radius 3 is 2.06 bits per heavy atom. The molecule has 3 unspecified atom stereocenters. The molecule has 2 amide bonds. The van der Waals surface area contributed by atoms with E-state index < -0.39 is 47.0 Å². The van der Waals surface area contributed by atoms with Crippen molar-refractivity contribution < 1.29 is 33.7 Å². The van der Waals surface area contributed by atoms with Crippen molar-refractivity contribution in [2.75, 3.05) is 26.2 Å². The number of likely N-dealkylation sites (tertiary alicyclic amines) is 1. The average molecular weight is 484 g/mol. The van der Waals surface area contributed by atoms with Crippen LogP contribution in [0.4, 0.5) is 9.59 Å². The number of esters is 1. The monoisotopic (exact) mass is 483 g/mol. The summed E-state index contributed by atoms with van der Waals surface area (Å²) in [7, 11) is 0. The van der Waals surface area contributed by atoms with E-state index in [1.54, 1.807) is 48.5 Å². The van der Waals surface area contributed by atoms with E-state index in [-0.39, 0.29) is 25.0 Å². The molecule has 2 aliphatic heterocycles. The Morgan fingerprint density at radius 2 is 1.53 bits per heavy atom. The summed E-state index contributed by atoms with van der Waals surface area (Å²) in [6.07, 6.45) is -0.614. The van der Waals surface area contributed by atoms with E-state index in [4.69, 9.17) is 14.2 Å². The number of amides is 2. The molecule has 0 bridgehead atoms. The minimum absolute atomic E-state index is 0.133. The molecule has 1 aliphatic carbocycles. The maximum Gasteiger partial charge on any atom is 0.425 e. The van der Waals surface area contributed by atoms with Gasteiger partial charge < -0.3 is 19.3 Å². The minimum Gasteiger partial charge on any atom is -0.466 e. The Kier molecular flexibility index (Phi) is 7.17. The van der Waals surface area contributed by atoms with Crippen LogP contribution in [0.1, 0.15) is 68.2 Å². The molecular weight excluding hydrogens is 442 g/mol. The van der Waals surface area contributed by atoms with E-state index >= 15 is 0 Å². The minimum atomic E-state index is -0.846. The zero-order valence-corrected chi connectivity index (χ0v) is 21.8. The fourth-order valence-corrected chi connectivity index (χ4v) is 5.26. The van der Waals surface area contributed by atoms with Crippen LogP contribution < -0.4 is 0 Å². The number of ether oxygens (including phenoxy) is 3. The number of hydrazine groups is 1. The Balaban J connectivity index is 1.78. The van der Waals surface area contributed by atoms with Crippen LogP contribution in [0.25, 0.3) is 0 Å². The highest BCUT2D eigenvalue weighted by Gasteiger charge is 2.57. The molecule has 10 heteroatoms. The summed E-state index contributed by atoms with van der Waals surface area (Å²) in [6.45, 7) is 15.6. The van der Waals surface area contributed by atoms with Crippen molar-refractivity contribution in [3.63, 3.8) is 0 Å². The van der Waals surface area contributed by atoms with E-state index in [0.29, 0.717) is 26.0 Å². The van der Waals surface area contributed by atoms with Gasteiger partial charge in [0.15, 0.2) is 0 Å². The van der Waals surface area contributed by atoms with E-state index in [2.05, 4.69) is 0 Å². The number of aliphatic hydroxyl groups is 1. The van der Waals surface area contributed by atoms with Crippen LogP contribution in [0.3, 0.4) is 0 Å². The van der Waals surface area contributed by atoms with Gasteiger partial charge in [0.2, 0.25) is 0 Å². The van der Waals surface area contributed by atoms with Crippen molar-refractivity contribution in [3.05, 3.63) is 0 Å². The van der Waals surface area contributed by atoms with Crippen LogP contribution in [0.15, 0.2) is 0 Å². The third-order valence-electron chi connectivity index (χ3n) is 6.51. The molecule has 0 aromatic carbocycles. The number of aliphatic hydroxyl groups excluding tert-OH is 1. The molecule has 3 rings (SSSR count). The standard InChI is InChI=1S/C24H41N3O7/c1-9-32-19(29)24(8)10-15(11-24)12-26-18-16(13-27(26)21(31)34-23(5,6)7)25(14-17(18)28)20(30)33-22(2,3)4/h15-18,28H,9-14H2,1-8H3. The van der Waals surface area contributed by atoms with Crippen LogP contribution in [0.5, 0.6) is 0 Å². The first-order valence-corrected chi connectivity index (χ1v) is 12.2. The summed E-state index contributed by atoms with van der Waals surface area (Å²) in [5.41, 5.74) is -1.90. The molecular formula is C24H41N3O7. The van der Waals surface area contributed by atoms with Crippen LogP contribution in [0, 0.1) is 11.3 Å². The predicted octanol–water partition coefficient (Wildman–Crippen LogP) is 2.78. The fraction of sp³-hybridized carbons (Fsp3) is 0.875. The topological polar surface area (TPSA) is 109 Å². The molecule has 0 spiro atoms. The van der Waals surface area contributed by atoms with Gasteiger partial charge in [0.1, 0.15) is 11.2 Å². The average Bonchev–Trinajstić information content (AvgIpc) is 3.16. The number of nitrogens with zero attached hydrogens (tertiary/aromatic N) is 3. The first-order valence-electron chi connectivity index (χ1n) is 12.2. The first-order chi connectivity index (χ1) is 15.5. The molecule has 194 valence electrons. The van der Waals surface area contributed by atoms with Crippen molar-refractivity contribution in [1.82, 2.24) is 14.9 Å². The Hall–Kier alpha value is -2.07. The van der Waals surface area contributed by atoms with Gasteiger partial charge in [-0.05, 0) is 74.1 Å². The SMILES string of the molecule is CCOC(=O)C1(C)CC(CN2C3C(O)CN(C(=O)OC(C)(C)C)C3CN2C(=O)OC(C)(C)C)C1. The lowest BCUT2D eigenvalue weighted by atomic mass is 9.63. The van der Waals surface area contributed by atoms with E-state index in [9.17, 15) is 19.5 Å². The number of carbonyl (C=O) groups excluding carboxylic acids is 3. The van der Waals surface area contributed by atoms with Gasteiger partial charge in [-0.3, -0.25) is 9.69 Å². The second-order valence-electron chi connectivity index (χ2n) is 12.0. The lowest BCUT2D eigenvalue weighted by Crippen LogP contribution is -2.54. The van der Waals surface area contributed by atoms with Crippen molar-refractivity contribution >= 4 is 18.2 Å². The smallest absolute Gasteiger partial charge is 0.425 e. The van der Waals surface area contributed by atoms with Crippen molar-refractivity contribution in [2.45, 2.75) is 97.6 Å². The summed E-state index contributed by atoms with van der Waals surface area (Å²) in [6, 6.07) is -0.886. The number of hydrogen-bond donors (Lipinski definition) is 1. The number of carbonyl (C=O) groups is 3. The Labute approximate surface area is 202 Å². The Bertz CT molecular complexity index is 797. The maximum absolute atomic E-state index is 13.1. The van der Waals surface area contributed by atoms with Crippen LogP contribution in [-0.4, -0.2) is 93.8 Å². The van der Waals surface area contributed by atoms with E-state index in [1.807, 2.05) is 11.9 Å². The fourth-order valence-electron chi connectivity index (χ4n) is 5.26. The second-order valence-corrected chi connectivity index (χ2v) is 12.0. The zero-order valence-electron chi connectivity index (χ0n) is 21.8. The molecule has 3 fully saturated rings. The zero-order chi connectivity index (χ0) is 25.6. The Morgan fingerprint density at radius 1 is 0.971 bits per heavy atom. The molecule has 0 aromatic rings. The molecule has 2 saturated heterocycles. The summed E-state index contributed by atoms with van der Waals surface area (Å²) in [4.78, 5) is 39.8. The van der Waals surface area contributed by atoms with Gasteiger partial charge in [0.25, 0.3) is 0 Å². The molecule has 0 aromatic heterocycles. The number of hydrogen-bond acceptors (Lipinski definition) is 8. The summed E-state index contributed by atoms with van der Waals surface area (Å²) in [5, 5.41) is 14.3. The summed E-state index contributed by atoms with van der Waals surface area (Å²) < 4.78 is 16.4. The highest BCUT2D eigenvalue weighted by molar-refractivity contribution is 5.77. The van der Waals surface area contributed by atoms with Gasteiger partial charge >= 0.3 is 18.2 Å². The molecule has 2 heterocycles. The highest BCUT2D eigenvalue weighted by atomic mass is 16.6. The number of rotatable bonds is 4. The normalized spacial score (nSPS) is 31.7. The van der Waals surface area contributed by atoms with Crippen LogP contribution in [0.2, 0.25) is 0 Å². The molecule has 3 atom stereocenters. The van der Waals surface area contributed by atoms with Gasteiger partial charge in [-0.2, -0.15) is 0 Å².